The molecule has 0 bridgehead atoms. The number of halogens is 3. The molecule has 1 aliphatic heterocycles. The Balaban J connectivity index is 0.00000210. The molecule has 1 aromatic carbocycles. The van der Waals surface area contributed by atoms with Crippen LogP contribution in [0.15, 0.2) is 48.9 Å². The summed E-state index contributed by atoms with van der Waals surface area (Å²) >= 11 is 12.2. The molecule has 3 heterocycles. The second kappa shape index (κ2) is 8.99. The lowest BCUT2D eigenvalue weighted by molar-refractivity contribution is 0.151. The summed E-state index contributed by atoms with van der Waals surface area (Å²) in [7, 11) is 0. The van der Waals surface area contributed by atoms with Crippen LogP contribution in [0, 0.1) is 0 Å². The van der Waals surface area contributed by atoms with Gasteiger partial charge in [0.1, 0.15) is 0 Å². The average Bonchev–Trinajstić information content (AvgIpc) is 3.11. The Morgan fingerprint density at radius 3 is 2.89 bits per heavy atom. The maximum atomic E-state index is 6.27. The molecule has 1 unspecified atom stereocenters. The summed E-state index contributed by atoms with van der Waals surface area (Å²) in [5.41, 5.74) is 2.86. The van der Waals surface area contributed by atoms with E-state index in [2.05, 4.69) is 31.6 Å². The number of aromatic nitrogens is 4. The first-order valence-corrected chi connectivity index (χ1v) is 9.17. The summed E-state index contributed by atoms with van der Waals surface area (Å²) in [6, 6.07) is 9.68. The van der Waals surface area contributed by atoms with Crippen LogP contribution < -0.4 is 5.32 Å². The van der Waals surface area contributed by atoms with E-state index in [4.69, 9.17) is 23.2 Å². The van der Waals surface area contributed by atoms with Gasteiger partial charge in [-0.1, -0.05) is 34.5 Å². The summed E-state index contributed by atoms with van der Waals surface area (Å²) < 4.78 is 1.69. The van der Waals surface area contributed by atoms with Crippen LogP contribution >= 0.6 is 35.6 Å². The molecule has 0 aliphatic carbocycles. The molecule has 0 saturated carbocycles. The second-order valence-electron chi connectivity index (χ2n) is 6.23. The Morgan fingerprint density at radius 2 is 2.11 bits per heavy atom. The molecule has 4 rings (SSSR count). The largest absolute Gasteiger partial charge is 0.314 e. The zero-order chi connectivity index (χ0) is 17.9. The van der Waals surface area contributed by atoms with Gasteiger partial charge in [-0.05, 0) is 29.8 Å². The second-order valence-corrected chi connectivity index (χ2v) is 7.07. The third-order valence-electron chi connectivity index (χ3n) is 4.49. The van der Waals surface area contributed by atoms with E-state index < -0.39 is 0 Å². The average molecular weight is 426 g/mol. The Hall–Kier alpha value is -1.70. The fourth-order valence-electron chi connectivity index (χ4n) is 3.20. The normalized spacial score (nSPS) is 17.5. The first-order valence-electron chi connectivity index (χ1n) is 8.42. The fourth-order valence-corrected chi connectivity index (χ4v) is 3.70. The van der Waals surface area contributed by atoms with Gasteiger partial charge in [-0.15, -0.1) is 17.5 Å². The molecule has 1 fully saturated rings. The third kappa shape index (κ3) is 4.59. The van der Waals surface area contributed by atoms with Crippen LogP contribution in [0.3, 0.4) is 0 Å². The molecular weight excluding hydrogens is 407 g/mol. The minimum absolute atomic E-state index is 0. The maximum absolute atomic E-state index is 6.27. The number of nitrogens with one attached hydrogen (secondary N) is 1. The predicted molar refractivity (Wildman–Crippen MR) is 109 cm³/mol. The van der Waals surface area contributed by atoms with Gasteiger partial charge in [0.05, 0.1) is 22.6 Å². The van der Waals surface area contributed by atoms with Crippen molar-refractivity contribution < 1.29 is 0 Å². The van der Waals surface area contributed by atoms with E-state index in [1.807, 2.05) is 24.5 Å². The van der Waals surface area contributed by atoms with E-state index in [1.165, 1.54) is 5.56 Å². The van der Waals surface area contributed by atoms with Gasteiger partial charge in [0, 0.05) is 49.6 Å². The SMILES string of the molecule is Cl.Clc1ccc(-n2cc(CN3CCNCC3c3cccnc3)nn2)c(Cl)c1. The summed E-state index contributed by atoms with van der Waals surface area (Å²) in [6.07, 6.45) is 5.64. The molecule has 27 heavy (non-hydrogen) atoms. The van der Waals surface area contributed by atoms with Crippen LogP contribution in [-0.2, 0) is 6.54 Å². The molecular formula is C18H19Cl3N6. The van der Waals surface area contributed by atoms with E-state index in [0.29, 0.717) is 16.6 Å². The van der Waals surface area contributed by atoms with Gasteiger partial charge in [0.15, 0.2) is 0 Å². The highest BCUT2D eigenvalue weighted by atomic mass is 35.5. The molecule has 0 amide bonds. The van der Waals surface area contributed by atoms with Crippen molar-refractivity contribution in [2.24, 2.45) is 0 Å². The van der Waals surface area contributed by atoms with Gasteiger partial charge in [-0.2, -0.15) is 0 Å². The van der Waals surface area contributed by atoms with Crippen molar-refractivity contribution in [1.29, 1.82) is 0 Å². The monoisotopic (exact) mass is 424 g/mol. The first-order chi connectivity index (χ1) is 12.7. The molecule has 6 nitrogen and oxygen atoms in total. The molecule has 142 valence electrons. The number of hydrogen-bond donors (Lipinski definition) is 1. The van der Waals surface area contributed by atoms with E-state index in [9.17, 15) is 0 Å². The van der Waals surface area contributed by atoms with Gasteiger partial charge in [0.25, 0.3) is 0 Å². The van der Waals surface area contributed by atoms with Crippen LogP contribution in [0.4, 0.5) is 0 Å². The minimum Gasteiger partial charge on any atom is -0.314 e. The number of piperazine rings is 1. The van der Waals surface area contributed by atoms with Crippen LogP contribution in [0.1, 0.15) is 17.3 Å². The number of pyridine rings is 1. The molecule has 1 N–H and O–H groups in total. The van der Waals surface area contributed by atoms with Crippen molar-refractivity contribution in [3.05, 3.63) is 70.2 Å². The number of nitrogens with zero attached hydrogens (tertiary/aromatic N) is 5. The van der Waals surface area contributed by atoms with E-state index in [0.717, 1.165) is 31.0 Å². The van der Waals surface area contributed by atoms with E-state index in [1.54, 1.807) is 23.0 Å². The highest BCUT2D eigenvalue weighted by molar-refractivity contribution is 6.35. The zero-order valence-electron chi connectivity index (χ0n) is 14.4. The van der Waals surface area contributed by atoms with Crippen molar-refractivity contribution >= 4 is 35.6 Å². The van der Waals surface area contributed by atoms with Crippen LogP contribution in [-0.4, -0.2) is 44.5 Å². The topological polar surface area (TPSA) is 58.9 Å². The molecule has 9 heteroatoms. The van der Waals surface area contributed by atoms with Crippen LogP contribution in [0.2, 0.25) is 10.0 Å². The van der Waals surface area contributed by atoms with Gasteiger partial charge in [-0.25, -0.2) is 4.68 Å². The van der Waals surface area contributed by atoms with Crippen molar-refractivity contribution in [2.75, 3.05) is 19.6 Å². The lowest BCUT2D eigenvalue weighted by Crippen LogP contribution is -2.45. The van der Waals surface area contributed by atoms with Gasteiger partial charge in [-0.3, -0.25) is 9.88 Å². The van der Waals surface area contributed by atoms with Gasteiger partial charge < -0.3 is 5.32 Å². The summed E-state index contributed by atoms with van der Waals surface area (Å²) in [5, 5.41) is 13.1. The predicted octanol–water partition coefficient (Wildman–Crippen LogP) is 3.54. The summed E-state index contributed by atoms with van der Waals surface area (Å²) in [5.74, 6) is 0. The molecule has 2 aromatic heterocycles. The minimum atomic E-state index is 0. The molecule has 1 aliphatic rings. The molecule has 3 aromatic rings. The first kappa shape index (κ1) is 20.0. The van der Waals surface area contributed by atoms with Crippen molar-refractivity contribution in [1.82, 2.24) is 30.2 Å². The fraction of sp³-hybridized carbons (Fsp3) is 0.278. The zero-order valence-corrected chi connectivity index (χ0v) is 16.8. The lowest BCUT2D eigenvalue weighted by Gasteiger charge is -2.35. The van der Waals surface area contributed by atoms with Gasteiger partial charge in [0.2, 0.25) is 0 Å². The highest BCUT2D eigenvalue weighted by Gasteiger charge is 2.24. The number of benzene rings is 1. The van der Waals surface area contributed by atoms with E-state index in [-0.39, 0.29) is 18.4 Å². The van der Waals surface area contributed by atoms with Crippen LogP contribution in [0.5, 0.6) is 0 Å². The standard InChI is InChI=1S/C18H18Cl2N6.ClH/c19-14-3-4-17(16(20)8-14)26-12-15(23-24-26)11-25-7-6-22-10-18(25)13-2-1-5-21-9-13;/h1-5,8-9,12,18,22H,6-7,10-11H2;1H. The lowest BCUT2D eigenvalue weighted by atomic mass is 10.1. The molecule has 1 saturated heterocycles. The van der Waals surface area contributed by atoms with Crippen LogP contribution in [0.25, 0.3) is 5.69 Å². The van der Waals surface area contributed by atoms with Gasteiger partial charge >= 0.3 is 0 Å². The van der Waals surface area contributed by atoms with Crippen molar-refractivity contribution in [2.45, 2.75) is 12.6 Å². The molecule has 1 atom stereocenters. The molecule has 0 spiro atoms. The maximum Gasteiger partial charge on any atom is 0.0972 e. The number of rotatable bonds is 4. The Labute approximate surface area is 173 Å². The van der Waals surface area contributed by atoms with E-state index >= 15 is 0 Å². The smallest absolute Gasteiger partial charge is 0.0972 e. The Bertz CT molecular complexity index is 886. The highest BCUT2D eigenvalue weighted by Crippen LogP contribution is 2.25. The number of hydrogen-bond acceptors (Lipinski definition) is 5. The molecule has 0 radical (unpaired) electrons. The third-order valence-corrected chi connectivity index (χ3v) is 5.02. The Morgan fingerprint density at radius 1 is 1.22 bits per heavy atom. The quantitative estimate of drug-likeness (QED) is 0.693. The summed E-state index contributed by atoms with van der Waals surface area (Å²) in [4.78, 5) is 6.64. The Kier molecular flexibility index (Phi) is 6.68. The summed E-state index contributed by atoms with van der Waals surface area (Å²) in [6.45, 7) is 3.50. The van der Waals surface area contributed by atoms with Crippen molar-refractivity contribution in [3.63, 3.8) is 0 Å². The van der Waals surface area contributed by atoms with Crippen molar-refractivity contribution in [3.8, 4) is 5.69 Å².